The van der Waals surface area contributed by atoms with Crippen molar-refractivity contribution in [2.24, 2.45) is 5.92 Å². The lowest BCUT2D eigenvalue weighted by Gasteiger charge is -2.30. The number of halogens is 2. The second-order valence-electron chi connectivity index (χ2n) is 6.94. The summed E-state index contributed by atoms with van der Waals surface area (Å²) in [6, 6.07) is 12.7. The maximum atomic E-state index is 13.0. The Hall–Kier alpha value is -2.08. The number of aliphatic carboxylic acids is 1. The van der Waals surface area contributed by atoms with E-state index in [1.54, 1.807) is 18.2 Å². The number of carbonyl (C=O) groups is 2. The van der Waals surface area contributed by atoms with Crippen LogP contribution in [0, 0.1) is 5.92 Å². The van der Waals surface area contributed by atoms with Crippen molar-refractivity contribution in [2.75, 3.05) is 11.9 Å². The molecule has 2 unspecified atom stereocenters. The van der Waals surface area contributed by atoms with Crippen molar-refractivity contribution in [3.05, 3.63) is 63.6 Å². The first-order valence-electron chi connectivity index (χ1n) is 8.63. The molecule has 1 aliphatic heterocycles. The van der Waals surface area contributed by atoms with Crippen LogP contribution in [0.15, 0.2) is 42.5 Å². The largest absolute Gasteiger partial charge is 0.481 e. The number of benzene rings is 2. The Labute approximate surface area is 167 Å². The number of nitrogens with one attached hydrogen (secondary N) is 2. The molecule has 7 heteroatoms. The van der Waals surface area contributed by atoms with Crippen LogP contribution in [0.1, 0.15) is 24.5 Å². The fourth-order valence-corrected chi connectivity index (χ4v) is 3.81. The Kier molecular flexibility index (Phi) is 5.75. The van der Waals surface area contributed by atoms with Gasteiger partial charge in [0, 0.05) is 34.1 Å². The first-order chi connectivity index (χ1) is 12.8. The zero-order valence-corrected chi connectivity index (χ0v) is 16.3. The van der Waals surface area contributed by atoms with Crippen LogP contribution in [-0.4, -0.2) is 23.5 Å². The van der Waals surface area contributed by atoms with Crippen LogP contribution >= 0.6 is 23.2 Å². The molecular weight excluding hydrogens is 387 g/mol. The second-order valence-corrected chi connectivity index (χ2v) is 7.81. The van der Waals surface area contributed by atoms with Crippen LogP contribution in [0.5, 0.6) is 0 Å². The molecule has 0 spiro atoms. The van der Waals surface area contributed by atoms with Gasteiger partial charge in [0.25, 0.3) is 0 Å². The topological polar surface area (TPSA) is 78.4 Å². The van der Waals surface area contributed by atoms with E-state index in [-0.39, 0.29) is 18.2 Å². The minimum Gasteiger partial charge on any atom is -0.481 e. The van der Waals surface area contributed by atoms with Crippen molar-refractivity contribution in [2.45, 2.75) is 25.3 Å². The standard InChI is InChI=1S/C20H20Cl2N2O3/c1-12(7-18(25)26)11-23-20(10-13-3-2-4-14(21)8-13)16-6-5-15(22)9-17(16)24-19(20)27/h2-6,8-9,12,23H,7,10-11H2,1H3,(H,24,27)(H,25,26). The van der Waals surface area contributed by atoms with Crippen molar-refractivity contribution < 1.29 is 14.7 Å². The van der Waals surface area contributed by atoms with E-state index in [9.17, 15) is 9.59 Å². The van der Waals surface area contributed by atoms with Gasteiger partial charge in [0.05, 0.1) is 0 Å². The summed E-state index contributed by atoms with van der Waals surface area (Å²) in [5.41, 5.74) is 1.34. The van der Waals surface area contributed by atoms with Crippen molar-refractivity contribution in [3.8, 4) is 0 Å². The predicted octanol–water partition coefficient (Wildman–Crippen LogP) is 4.08. The number of hydrogen-bond acceptors (Lipinski definition) is 3. The third-order valence-corrected chi connectivity index (χ3v) is 5.18. The van der Waals surface area contributed by atoms with Crippen LogP contribution in [0.25, 0.3) is 0 Å². The number of carbonyl (C=O) groups excluding carboxylic acids is 1. The third-order valence-electron chi connectivity index (χ3n) is 4.71. The van der Waals surface area contributed by atoms with Gasteiger partial charge in [0.1, 0.15) is 5.54 Å². The van der Waals surface area contributed by atoms with E-state index in [4.69, 9.17) is 28.3 Å². The monoisotopic (exact) mass is 406 g/mol. The Balaban J connectivity index is 1.97. The summed E-state index contributed by atoms with van der Waals surface area (Å²) in [6.07, 6.45) is 0.406. The Morgan fingerprint density at radius 2 is 1.96 bits per heavy atom. The zero-order valence-electron chi connectivity index (χ0n) is 14.8. The molecule has 27 heavy (non-hydrogen) atoms. The van der Waals surface area contributed by atoms with Crippen LogP contribution in [-0.2, 0) is 21.5 Å². The van der Waals surface area contributed by atoms with E-state index < -0.39 is 11.5 Å². The molecule has 1 heterocycles. The molecule has 3 N–H and O–H groups in total. The van der Waals surface area contributed by atoms with Crippen LogP contribution < -0.4 is 10.6 Å². The van der Waals surface area contributed by atoms with E-state index in [1.807, 2.05) is 31.2 Å². The smallest absolute Gasteiger partial charge is 0.303 e. The third kappa shape index (κ3) is 4.26. The number of fused-ring (bicyclic) bond motifs is 1. The van der Waals surface area contributed by atoms with Gasteiger partial charge in [0.15, 0.2) is 0 Å². The molecule has 0 saturated heterocycles. The minimum absolute atomic E-state index is 0.0232. The van der Waals surface area contributed by atoms with E-state index in [2.05, 4.69) is 10.6 Å². The van der Waals surface area contributed by atoms with Crippen LogP contribution in [0.2, 0.25) is 10.0 Å². The van der Waals surface area contributed by atoms with Crippen molar-refractivity contribution in [1.82, 2.24) is 5.32 Å². The molecule has 0 saturated carbocycles. The summed E-state index contributed by atoms with van der Waals surface area (Å²) in [5.74, 6) is -1.19. The fraction of sp³-hybridized carbons (Fsp3) is 0.300. The van der Waals surface area contributed by atoms with E-state index in [0.29, 0.717) is 28.7 Å². The van der Waals surface area contributed by atoms with Gasteiger partial charge in [-0.05, 0) is 42.3 Å². The summed E-state index contributed by atoms with van der Waals surface area (Å²) in [7, 11) is 0. The summed E-state index contributed by atoms with van der Waals surface area (Å²) >= 11 is 12.2. The van der Waals surface area contributed by atoms with E-state index >= 15 is 0 Å². The maximum Gasteiger partial charge on any atom is 0.303 e. The van der Waals surface area contributed by atoms with E-state index in [0.717, 1.165) is 11.1 Å². The summed E-state index contributed by atoms with van der Waals surface area (Å²) in [6.45, 7) is 2.21. The summed E-state index contributed by atoms with van der Waals surface area (Å²) in [4.78, 5) is 24.0. The highest BCUT2D eigenvalue weighted by molar-refractivity contribution is 6.31. The molecule has 0 fully saturated rings. The second kappa shape index (κ2) is 7.89. The number of amides is 1. The lowest BCUT2D eigenvalue weighted by molar-refractivity contribution is -0.137. The van der Waals surface area contributed by atoms with Gasteiger partial charge in [-0.2, -0.15) is 0 Å². The average molecular weight is 407 g/mol. The molecule has 0 aromatic heterocycles. The molecule has 2 atom stereocenters. The van der Waals surface area contributed by atoms with Gasteiger partial charge < -0.3 is 10.4 Å². The zero-order chi connectivity index (χ0) is 19.6. The first kappa shape index (κ1) is 19.7. The highest BCUT2D eigenvalue weighted by atomic mass is 35.5. The number of carboxylic acids is 1. The van der Waals surface area contributed by atoms with Crippen molar-refractivity contribution in [3.63, 3.8) is 0 Å². The predicted molar refractivity (Wildman–Crippen MR) is 106 cm³/mol. The van der Waals surface area contributed by atoms with E-state index in [1.165, 1.54) is 0 Å². The molecule has 0 aliphatic carbocycles. The fourth-order valence-electron chi connectivity index (χ4n) is 3.43. The Morgan fingerprint density at radius 3 is 2.67 bits per heavy atom. The Morgan fingerprint density at radius 1 is 1.22 bits per heavy atom. The molecule has 2 aromatic carbocycles. The SMILES string of the molecule is CC(CNC1(Cc2cccc(Cl)c2)C(=O)Nc2cc(Cl)ccc21)CC(=O)O. The number of hydrogen-bond donors (Lipinski definition) is 3. The summed E-state index contributed by atoms with van der Waals surface area (Å²) in [5, 5.41) is 16.4. The number of rotatable bonds is 7. The quantitative estimate of drug-likeness (QED) is 0.646. The number of anilines is 1. The average Bonchev–Trinajstić information content (AvgIpc) is 2.84. The molecule has 0 bridgehead atoms. The van der Waals surface area contributed by atoms with Gasteiger partial charge in [-0.1, -0.05) is 48.3 Å². The Bertz CT molecular complexity index is 887. The van der Waals surface area contributed by atoms with Gasteiger partial charge in [0.2, 0.25) is 5.91 Å². The van der Waals surface area contributed by atoms with Gasteiger partial charge in [-0.15, -0.1) is 0 Å². The summed E-state index contributed by atoms with van der Waals surface area (Å²) < 4.78 is 0. The molecule has 1 aliphatic rings. The van der Waals surface area contributed by atoms with Crippen molar-refractivity contribution in [1.29, 1.82) is 0 Å². The molecule has 5 nitrogen and oxygen atoms in total. The molecule has 2 aromatic rings. The normalized spacial score (nSPS) is 19.4. The molecule has 142 valence electrons. The minimum atomic E-state index is -1.02. The lowest BCUT2D eigenvalue weighted by atomic mass is 9.84. The van der Waals surface area contributed by atoms with Gasteiger partial charge >= 0.3 is 5.97 Å². The molecular formula is C20H20Cl2N2O3. The van der Waals surface area contributed by atoms with Gasteiger partial charge in [-0.25, -0.2) is 0 Å². The van der Waals surface area contributed by atoms with Crippen molar-refractivity contribution >= 4 is 40.8 Å². The molecule has 1 amide bonds. The highest BCUT2D eigenvalue weighted by Gasteiger charge is 2.46. The van der Waals surface area contributed by atoms with Crippen LogP contribution in [0.4, 0.5) is 5.69 Å². The number of carboxylic acid groups (broad SMARTS) is 1. The van der Waals surface area contributed by atoms with Gasteiger partial charge in [-0.3, -0.25) is 14.9 Å². The lowest BCUT2D eigenvalue weighted by Crippen LogP contribution is -2.51. The molecule has 3 rings (SSSR count). The molecule has 0 radical (unpaired) electrons. The maximum absolute atomic E-state index is 13.0. The highest BCUT2D eigenvalue weighted by Crippen LogP contribution is 2.40. The first-order valence-corrected chi connectivity index (χ1v) is 9.38. The van der Waals surface area contributed by atoms with Crippen LogP contribution in [0.3, 0.4) is 0 Å².